The molecule has 0 spiro atoms. The largest absolute Gasteiger partial charge is 0.294 e. The molecule has 0 aliphatic carbocycles. The molecule has 0 heterocycles. The number of benzene rings is 2. The lowest BCUT2D eigenvalue weighted by Crippen LogP contribution is -2.07. The van der Waals surface area contributed by atoms with Crippen molar-refractivity contribution >= 4 is 23.1 Å². The van der Waals surface area contributed by atoms with E-state index in [2.05, 4.69) is 0 Å². The monoisotopic (exact) mass is 311 g/mol. The molecule has 7 heteroatoms. The summed E-state index contributed by atoms with van der Waals surface area (Å²) < 4.78 is 26.6. The maximum Gasteiger partial charge on any atom is 0.270 e. The number of nitro benzene ring substituents is 1. The van der Waals surface area contributed by atoms with Crippen molar-refractivity contribution in [2.24, 2.45) is 0 Å². The van der Waals surface area contributed by atoms with Gasteiger partial charge in [-0.1, -0.05) is 23.7 Å². The summed E-state index contributed by atoms with van der Waals surface area (Å²) in [6, 6.07) is 6.86. The van der Waals surface area contributed by atoms with Crippen LogP contribution in [0.4, 0.5) is 14.5 Å². The Labute approximate surface area is 123 Å². The highest BCUT2D eigenvalue weighted by Crippen LogP contribution is 2.24. The fourth-order valence-corrected chi connectivity index (χ4v) is 2.02. The molecular formula is C14H8ClF2NO3. The zero-order chi connectivity index (χ0) is 15.6. The molecule has 108 valence electrons. The normalized spacial score (nSPS) is 10.4. The third kappa shape index (κ3) is 3.22. The standard InChI is InChI=1S/C14H8ClF2NO3/c15-11-5-4-9(18(20)21)7-10(11)13(19)6-8-2-1-3-12(16)14(8)17/h1-5,7H,6H2. The molecule has 0 aromatic heterocycles. The van der Waals surface area contributed by atoms with Crippen LogP contribution in [-0.4, -0.2) is 10.7 Å². The van der Waals surface area contributed by atoms with Crippen molar-refractivity contribution in [3.05, 3.63) is 74.3 Å². The van der Waals surface area contributed by atoms with Crippen LogP contribution in [0.2, 0.25) is 5.02 Å². The summed E-state index contributed by atoms with van der Waals surface area (Å²) in [5, 5.41) is 10.7. The molecule has 4 nitrogen and oxygen atoms in total. The van der Waals surface area contributed by atoms with Crippen molar-refractivity contribution in [2.45, 2.75) is 6.42 Å². The van der Waals surface area contributed by atoms with Crippen LogP contribution in [0.25, 0.3) is 0 Å². The number of hydrogen-bond donors (Lipinski definition) is 0. The van der Waals surface area contributed by atoms with Crippen molar-refractivity contribution < 1.29 is 18.5 Å². The van der Waals surface area contributed by atoms with Crippen LogP contribution in [0.3, 0.4) is 0 Å². The molecule has 0 saturated carbocycles. The number of non-ortho nitro benzene ring substituents is 1. The molecule has 0 amide bonds. The first-order valence-corrected chi connectivity index (χ1v) is 6.18. The average molecular weight is 312 g/mol. The highest BCUT2D eigenvalue weighted by atomic mass is 35.5. The molecule has 2 aromatic carbocycles. The van der Waals surface area contributed by atoms with Crippen LogP contribution in [0.15, 0.2) is 36.4 Å². The second-order valence-corrected chi connectivity index (χ2v) is 4.64. The predicted molar refractivity (Wildman–Crippen MR) is 72.5 cm³/mol. The number of hydrogen-bond acceptors (Lipinski definition) is 3. The highest BCUT2D eigenvalue weighted by molar-refractivity contribution is 6.34. The fraction of sp³-hybridized carbons (Fsp3) is 0.0714. The van der Waals surface area contributed by atoms with Crippen LogP contribution in [-0.2, 0) is 6.42 Å². The molecule has 0 atom stereocenters. The van der Waals surface area contributed by atoms with Gasteiger partial charge in [0, 0.05) is 24.1 Å². The van der Waals surface area contributed by atoms with Gasteiger partial charge < -0.3 is 0 Å². The second-order valence-electron chi connectivity index (χ2n) is 4.23. The van der Waals surface area contributed by atoms with Crippen molar-refractivity contribution in [1.29, 1.82) is 0 Å². The minimum Gasteiger partial charge on any atom is -0.294 e. The van der Waals surface area contributed by atoms with Crippen LogP contribution < -0.4 is 0 Å². The lowest BCUT2D eigenvalue weighted by Gasteiger charge is -2.05. The lowest BCUT2D eigenvalue weighted by molar-refractivity contribution is -0.384. The third-order valence-corrected chi connectivity index (χ3v) is 3.17. The average Bonchev–Trinajstić information content (AvgIpc) is 2.44. The summed E-state index contributed by atoms with van der Waals surface area (Å²) in [6.07, 6.45) is -0.440. The number of Topliss-reactive ketones (excluding diaryl/α,β-unsaturated/α-hetero) is 1. The summed E-state index contributed by atoms with van der Waals surface area (Å²) in [5.74, 6) is -2.81. The summed E-state index contributed by atoms with van der Waals surface area (Å²) in [7, 11) is 0. The number of halogens is 3. The van der Waals surface area contributed by atoms with Gasteiger partial charge in [-0.15, -0.1) is 0 Å². The van der Waals surface area contributed by atoms with Crippen LogP contribution in [0, 0.1) is 21.7 Å². The van der Waals surface area contributed by atoms with E-state index < -0.39 is 28.8 Å². The second kappa shape index (κ2) is 5.97. The highest BCUT2D eigenvalue weighted by Gasteiger charge is 2.18. The molecular weight excluding hydrogens is 304 g/mol. The first-order valence-electron chi connectivity index (χ1n) is 5.80. The maximum absolute atomic E-state index is 13.5. The van der Waals surface area contributed by atoms with E-state index in [1.807, 2.05) is 0 Å². The van der Waals surface area contributed by atoms with Crippen molar-refractivity contribution in [3.63, 3.8) is 0 Å². The molecule has 0 bridgehead atoms. The maximum atomic E-state index is 13.5. The van der Waals surface area contributed by atoms with Gasteiger partial charge in [-0.3, -0.25) is 14.9 Å². The van der Waals surface area contributed by atoms with E-state index in [0.717, 1.165) is 18.2 Å². The molecule has 0 fully saturated rings. The Bertz CT molecular complexity index is 734. The molecule has 2 aromatic rings. The number of carbonyl (C=O) groups excluding carboxylic acids is 1. The number of nitro groups is 1. The Morgan fingerprint density at radius 2 is 1.95 bits per heavy atom. The first-order chi connectivity index (χ1) is 9.90. The Hall–Kier alpha value is -2.34. The van der Waals surface area contributed by atoms with Gasteiger partial charge in [0.05, 0.1) is 9.95 Å². The smallest absolute Gasteiger partial charge is 0.270 e. The van der Waals surface area contributed by atoms with Gasteiger partial charge in [0.15, 0.2) is 17.4 Å². The van der Waals surface area contributed by atoms with Crippen molar-refractivity contribution in [1.82, 2.24) is 0 Å². The molecule has 0 aliphatic rings. The molecule has 0 saturated heterocycles. The van der Waals surface area contributed by atoms with Crippen molar-refractivity contribution in [3.8, 4) is 0 Å². The van der Waals surface area contributed by atoms with Gasteiger partial charge in [0.1, 0.15) is 0 Å². The van der Waals surface area contributed by atoms with Gasteiger partial charge in [-0.05, 0) is 17.7 Å². The topological polar surface area (TPSA) is 60.2 Å². The van der Waals surface area contributed by atoms with Gasteiger partial charge in [0.2, 0.25) is 0 Å². The number of rotatable bonds is 4. The Morgan fingerprint density at radius 3 is 2.62 bits per heavy atom. The van der Waals surface area contributed by atoms with Crippen LogP contribution >= 0.6 is 11.6 Å². The molecule has 2 rings (SSSR count). The molecule has 0 unspecified atom stereocenters. The van der Waals surface area contributed by atoms with Crippen LogP contribution in [0.5, 0.6) is 0 Å². The number of nitrogens with zero attached hydrogens (tertiary/aromatic N) is 1. The Morgan fingerprint density at radius 1 is 1.24 bits per heavy atom. The number of carbonyl (C=O) groups is 1. The quantitative estimate of drug-likeness (QED) is 0.488. The lowest BCUT2D eigenvalue weighted by atomic mass is 10.0. The van der Waals surface area contributed by atoms with Crippen molar-refractivity contribution in [2.75, 3.05) is 0 Å². The fourth-order valence-electron chi connectivity index (χ4n) is 1.79. The van der Waals surface area contributed by atoms with Gasteiger partial charge >= 0.3 is 0 Å². The molecule has 0 N–H and O–H groups in total. The van der Waals surface area contributed by atoms with E-state index in [1.54, 1.807) is 0 Å². The minimum atomic E-state index is -1.12. The Kier molecular flexibility index (Phi) is 4.28. The minimum absolute atomic E-state index is 0.0161. The molecule has 21 heavy (non-hydrogen) atoms. The zero-order valence-electron chi connectivity index (χ0n) is 10.5. The zero-order valence-corrected chi connectivity index (χ0v) is 11.2. The van der Waals surface area contributed by atoms with E-state index in [-0.39, 0.29) is 21.8 Å². The summed E-state index contributed by atoms with van der Waals surface area (Å²) in [4.78, 5) is 22.1. The summed E-state index contributed by atoms with van der Waals surface area (Å²) in [6.45, 7) is 0. The summed E-state index contributed by atoms with van der Waals surface area (Å²) >= 11 is 5.82. The van der Waals surface area contributed by atoms with Gasteiger partial charge in [-0.2, -0.15) is 0 Å². The Balaban J connectivity index is 2.34. The SMILES string of the molecule is O=C(Cc1cccc(F)c1F)c1cc([N+](=O)[O-])ccc1Cl. The number of ketones is 1. The predicted octanol–water partition coefficient (Wildman–Crippen LogP) is 3.95. The van der Waals surface area contributed by atoms with E-state index in [0.29, 0.717) is 0 Å². The third-order valence-electron chi connectivity index (χ3n) is 2.84. The van der Waals surface area contributed by atoms with E-state index in [4.69, 9.17) is 11.6 Å². The van der Waals surface area contributed by atoms with Crippen LogP contribution in [0.1, 0.15) is 15.9 Å². The van der Waals surface area contributed by atoms with E-state index >= 15 is 0 Å². The molecule has 0 aliphatic heterocycles. The van der Waals surface area contributed by atoms with E-state index in [1.165, 1.54) is 18.2 Å². The van der Waals surface area contributed by atoms with E-state index in [9.17, 15) is 23.7 Å². The van der Waals surface area contributed by atoms with Gasteiger partial charge in [0.25, 0.3) is 5.69 Å². The van der Waals surface area contributed by atoms with Gasteiger partial charge in [-0.25, -0.2) is 8.78 Å². The summed E-state index contributed by atoms with van der Waals surface area (Å²) in [5.41, 5.74) is -0.542. The molecule has 0 radical (unpaired) electrons. The first kappa shape index (κ1) is 15.1.